The highest BCUT2D eigenvalue weighted by atomic mass is 16.6. The monoisotopic (exact) mass is 322 g/mol. The van der Waals surface area contributed by atoms with Crippen molar-refractivity contribution in [2.75, 3.05) is 13.2 Å². The molecule has 0 aromatic heterocycles. The molecule has 0 unspecified atom stereocenters. The van der Waals surface area contributed by atoms with Gasteiger partial charge in [-0.15, -0.1) is 0 Å². The Morgan fingerprint density at radius 2 is 1.61 bits per heavy atom. The first-order chi connectivity index (χ1) is 10.9. The summed E-state index contributed by atoms with van der Waals surface area (Å²) in [7, 11) is 0. The van der Waals surface area contributed by atoms with Crippen LogP contribution >= 0.6 is 0 Å². The fraction of sp³-hybridized carbons (Fsp3) is 0.200. The number of esters is 2. The fourth-order valence-corrected chi connectivity index (χ4v) is 1.58. The van der Waals surface area contributed by atoms with E-state index in [9.17, 15) is 19.2 Å². The average Bonchev–Trinajstić information content (AvgIpc) is 2.50. The molecule has 0 fully saturated rings. The van der Waals surface area contributed by atoms with Crippen LogP contribution in [0, 0.1) is 0 Å². The maximum absolute atomic E-state index is 11.8. The van der Waals surface area contributed by atoms with Gasteiger partial charge in [-0.3, -0.25) is 0 Å². The summed E-state index contributed by atoms with van der Waals surface area (Å²) in [6.07, 6.45) is 2.69. The van der Waals surface area contributed by atoms with Gasteiger partial charge in [0.25, 0.3) is 0 Å². The van der Waals surface area contributed by atoms with Crippen molar-refractivity contribution in [1.82, 2.24) is 0 Å². The molecule has 0 atom stereocenters. The standard InChI is InChI=1S/C15H14O8/c1-2-3-12(16)22-6-7-23-15(21)9-4-5-10(13(17)18)11(8-9)14(19)20/h2-5,8H,6-7H2,1H3,(H,17,18)(H,19,20). The molecule has 0 saturated heterocycles. The Morgan fingerprint density at radius 3 is 2.17 bits per heavy atom. The molecule has 1 aromatic carbocycles. The van der Waals surface area contributed by atoms with Gasteiger partial charge in [0.15, 0.2) is 0 Å². The van der Waals surface area contributed by atoms with Gasteiger partial charge in [0, 0.05) is 6.08 Å². The van der Waals surface area contributed by atoms with E-state index in [0.29, 0.717) is 0 Å². The van der Waals surface area contributed by atoms with E-state index in [1.54, 1.807) is 6.92 Å². The predicted molar refractivity (Wildman–Crippen MR) is 76.4 cm³/mol. The summed E-state index contributed by atoms with van der Waals surface area (Å²) >= 11 is 0. The molecule has 8 heteroatoms. The zero-order chi connectivity index (χ0) is 17.4. The van der Waals surface area contributed by atoms with Crippen molar-refractivity contribution in [2.24, 2.45) is 0 Å². The van der Waals surface area contributed by atoms with Gasteiger partial charge in [-0.25, -0.2) is 19.2 Å². The van der Waals surface area contributed by atoms with Crippen LogP contribution < -0.4 is 0 Å². The van der Waals surface area contributed by atoms with Crippen LogP contribution in [0.25, 0.3) is 0 Å². The van der Waals surface area contributed by atoms with E-state index < -0.39 is 35.0 Å². The Hall–Kier alpha value is -3.16. The van der Waals surface area contributed by atoms with Crippen molar-refractivity contribution in [3.8, 4) is 0 Å². The number of ether oxygens (including phenoxy) is 2. The molecule has 1 rings (SSSR count). The third kappa shape index (κ3) is 5.27. The van der Waals surface area contributed by atoms with E-state index in [2.05, 4.69) is 0 Å². The number of carboxylic acids is 2. The normalized spacial score (nSPS) is 10.3. The molecule has 0 spiro atoms. The zero-order valence-electron chi connectivity index (χ0n) is 12.1. The Labute approximate surface area is 130 Å². The molecule has 0 amide bonds. The molecule has 0 radical (unpaired) electrons. The quantitative estimate of drug-likeness (QED) is 0.437. The van der Waals surface area contributed by atoms with Crippen molar-refractivity contribution in [3.05, 3.63) is 47.0 Å². The number of benzene rings is 1. The number of carbonyl (C=O) groups excluding carboxylic acids is 2. The molecule has 0 aliphatic carbocycles. The van der Waals surface area contributed by atoms with Crippen LogP contribution in [0.2, 0.25) is 0 Å². The summed E-state index contributed by atoms with van der Waals surface area (Å²) in [5.74, 6) is -4.33. The van der Waals surface area contributed by atoms with Crippen LogP contribution in [0.15, 0.2) is 30.4 Å². The second-order valence-electron chi connectivity index (χ2n) is 4.17. The van der Waals surface area contributed by atoms with Gasteiger partial charge in [-0.1, -0.05) is 6.08 Å². The molecule has 0 heterocycles. The summed E-state index contributed by atoms with van der Waals surface area (Å²) in [5.41, 5.74) is -1.08. The van der Waals surface area contributed by atoms with Crippen LogP contribution in [0.3, 0.4) is 0 Å². The van der Waals surface area contributed by atoms with Gasteiger partial charge in [-0.05, 0) is 25.1 Å². The molecule has 0 aliphatic rings. The van der Waals surface area contributed by atoms with Gasteiger partial charge in [0.2, 0.25) is 0 Å². The van der Waals surface area contributed by atoms with Crippen molar-refractivity contribution in [3.63, 3.8) is 0 Å². The maximum Gasteiger partial charge on any atom is 0.338 e. The van der Waals surface area contributed by atoms with Crippen LogP contribution in [-0.4, -0.2) is 47.3 Å². The first-order valence-electron chi connectivity index (χ1n) is 6.44. The van der Waals surface area contributed by atoms with E-state index in [-0.39, 0.29) is 18.8 Å². The lowest BCUT2D eigenvalue weighted by atomic mass is 10.0. The summed E-state index contributed by atoms with van der Waals surface area (Å²) in [6.45, 7) is 1.27. The summed E-state index contributed by atoms with van der Waals surface area (Å²) < 4.78 is 9.52. The third-order valence-electron chi connectivity index (χ3n) is 2.58. The molecular weight excluding hydrogens is 308 g/mol. The third-order valence-corrected chi connectivity index (χ3v) is 2.58. The zero-order valence-corrected chi connectivity index (χ0v) is 12.1. The molecule has 0 bridgehead atoms. The highest BCUT2D eigenvalue weighted by Gasteiger charge is 2.19. The largest absolute Gasteiger partial charge is 0.478 e. The fourth-order valence-electron chi connectivity index (χ4n) is 1.58. The van der Waals surface area contributed by atoms with Crippen LogP contribution in [0.4, 0.5) is 0 Å². The molecular formula is C15H14O8. The number of carboxylic acid groups (broad SMARTS) is 2. The number of rotatable bonds is 7. The Kier molecular flexibility index (Phi) is 6.47. The van der Waals surface area contributed by atoms with E-state index in [1.165, 1.54) is 12.2 Å². The second-order valence-corrected chi connectivity index (χ2v) is 4.17. The minimum absolute atomic E-state index is 0.118. The highest BCUT2D eigenvalue weighted by molar-refractivity contribution is 6.03. The Bertz CT molecular complexity index is 659. The molecule has 0 aliphatic heterocycles. The maximum atomic E-state index is 11.8. The summed E-state index contributed by atoms with van der Waals surface area (Å²) in [6, 6.07) is 3.07. The van der Waals surface area contributed by atoms with Gasteiger partial charge >= 0.3 is 23.9 Å². The molecule has 122 valence electrons. The van der Waals surface area contributed by atoms with E-state index in [4.69, 9.17) is 19.7 Å². The van der Waals surface area contributed by atoms with Crippen LogP contribution in [-0.2, 0) is 14.3 Å². The average molecular weight is 322 g/mol. The highest BCUT2D eigenvalue weighted by Crippen LogP contribution is 2.13. The van der Waals surface area contributed by atoms with Gasteiger partial charge in [-0.2, -0.15) is 0 Å². The van der Waals surface area contributed by atoms with Crippen LogP contribution in [0.1, 0.15) is 38.0 Å². The van der Waals surface area contributed by atoms with Crippen LogP contribution in [0.5, 0.6) is 0 Å². The number of carbonyl (C=O) groups is 4. The number of allylic oxidation sites excluding steroid dienone is 1. The predicted octanol–water partition coefficient (Wildman–Crippen LogP) is 1.36. The summed E-state index contributed by atoms with van der Waals surface area (Å²) in [5, 5.41) is 17.8. The number of hydrogen-bond acceptors (Lipinski definition) is 6. The second kappa shape index (κ2) is 8.32. The van der Waals surface area contributed by atoms with Gasteiger partial charge in [0.05, 0.1) is 16.7 Å². The molecule has 23 heavy (non-hydrogen) atoms. The summed E-state index contributed by atoms with van der Waals surface area (Å²) in [4.78, 5) is 44.7. The number of aromatic carboxylic acids is 2. The number of hydrogen-bond donors (Lipinski definition) is 2. The minimum Gasteiger partial charge on any atom is -0.478 e. The first-order valence-corrected chi connectivity index (χ1v) is 6.44. The van der Waals surface area contributed by atoms with Crippen molar-refractivity contribution in [1.29, 1.82) is 0 Å². The van der Waals surface area contributed by atoms with Crippen molar-refractivity contribution in [2.45, 2.75) is 6.92 Å². The molecule has 8 nitrogen and oxygen atoms in total. The Morgan fingerprint density at radius 1 is 1.00 bits per heavy atom. The lowest BCUT2D eigenvalue weighted by molar-refractivity contribution is -0.138. The van der Waals surface area contributed by atoms with E-state index in [1.807, 2.05) is 0 Å². The molecule has 0 saturated carbocycles. The van der Waals surface area contributed by atoms with E-state index in [0.717, 1.165) is 18.2 Å². The molecule has 1 aromatic rings. The Balaban J connectivity index is 2.70. The lowest BCUT2D eigenvalue weighted by Crippen LogP contribution is -2.15. The molecule has 2 N–H and O–H groups in total. The van der Waals surface area contributed by atoms with Crippen molar-refractivity contribution < 1.29 is 38.9 Å². The van der Waals surface area contributed by atoms with Crippen molar-refractivity contribution >= 4 is 23.9 Å². The van der Waals surface area contributed by atoms with Gasteiger partial charge < -0.3 is 19.7 Å². The minimum atomic E-state index is -1.47. The SMILES string of the molecule is CC=CC(=O)OCCOC(=O)c1ccc(C(=O)O)c(C(=O)O)c1. The topological polar surface area (TPSA) is 127 Å². The lowest BCUT2D eigenvalue weighted by Gasteiger charge is -2.07. The first kappa shape index (κ1) is 17.9. The smallest absolute Gasteiger partial charge is 0.338 e. The van der Waals surface area contributed by atoms with E-state index >= 15 is 0 Å². The van der Waals surface area contributed by atoms with Gasteiger partial charge in [0.1, 0.15) is 13.2 Å².